The summed E-state index contributed by atoms with van der Waals surface area (Å²) in [5.74, 6) is 0. The fourth-order valence-electron chi connectivity index (χ4n) is 2.36. The van der Waals surface area contributed by atoms with E-state index in [9.17, 15) is 4.39 Å². The van der Waals surface area contributed by atoms with E-state index in [2.05, 4.69) is 4.90 Å². The number of alkyl halides is 1. The van der Waals surface area contributed by atoms with Crippen molar-refractivity contribution in [2.45, 2.75) is 31.9 Å². The number of likely N-dealkylation sites (tertiary alicyclic amines) is 1. The van der Waals surface area contributed by atoms with Crippen LogP contribution < -0.4 is 0 Å². The standard InChI is InChI=1S/C11H20FNO/c1-14-9-11(4-5-11)8-13-6-2-10(12)3-7-13/h10H,2-9H2,1H3. The molecule has 3 heteroatoms. The Morgan fingerprint density at radius 3 is 2.50 bits per heavy atom. The Labute approximate surface area is 85.4 Å². The van der Waals surface area contributed by atoms with Crippen LogP contribution in [0.3, 0.4) is 0 Å². The zero-order chi connectivity index (χ0) is 10.0. The lowest BCUT2D eigenvalue weighted by Crippen LogP contribution is -2.39. The minimum absolute atomic E-state index is 0.428. The highest BCUT2D eigenvalue weighted by Gasteiger charge is 2.44. The summed E-state index contributed by atoms with van der Waals surface area (Å²) in [6.07, 6.45) is 3.47. The van der Waals surface area contributed by atoms with Gasteiger partial charge in [-0.2, -0.15) is 0 Å². The number of halogens is 1. The van der Waals surface area contributed by atoms with Gasteiger partial charge in [-0.3, -0.25) is 0 Å². The van der Waals surface area contributed by atoms with Crippen molar-refractivity contribution < 1.29 is 9.13 Å². The quantitative estimate of drug-likeness (QED) is 0.688. The summed E-state index contributed by atoms with van der Waals surface area (Å²) in [6, 6.07) is 0. The molecule has 14 heavy (non-hydrogen) atoms. The first-order valence-electron chi connectivity index (χ1n) is 5.59. The fourth-order valence-corrected chi connectivity index (χ4v) is 2.36. The Morgan fingerprint density at radius 2 is 2.00 bits per heavy atom. The highest BCUT2D eigenvalue weighted by atomic mass is 19.1. The molecule has 2 fully saturated rings. The van der Waals surface area contributed by atoms with Crippen molar-refractivity contribution in [2.24, 2.45) is 5.41 Å². The van der Waals surface area contributed by atoms with Crippen molar-refractivity contribution in [1.82, 2.24) is 4.90 Å². The Hall–Kier alpha value is -0.150. The molecule has 2 rings (SSSR count). The topological polar surface area (TPSA) is 12.5 Å². The molecule has 1 heterocycles. The van der Waals surface area contributed by atoms with Gasteiger partial charge < -0.3 is 9.64 Å². The van der Waals surface area contributed by atoms with Crippen LogP contribution in [0.5, 0.6) is 0 Å². The fraction of sp³-hybridized carbons (Fsp3) is 1.00. The summed E-state index contributed by atoms with van der Waals surface area (Å²) >= 11 is 0. The predicted molar refractivity (Wildman–Crippen MR) is 54.1 cm³/mol. The molecular formula is C11H20FNO. The number of hydrogen-bond acceptors (Lipinski definition) is 2. The SMILES string of the molecule is COCC1(CN2CCC(F)CC2)CC1. The van der Waals surface area contributed by atoms with Crippen LogP contribution in [0, 0.1) is 5.41 Å². The molecule has 0 atom stereocenters. The molecule has 0 bridgehead atoms. The number of hydrogen-bond donors (Lipinski definition) is 0. The maximum absolute atomic E-state index is 12.9. The molecule has 0 radical (unpaired) electrons. The Morgan fingerprint density at radius 1 is 1.36 bits per heavy atom. The van der Waals surface area contributed by atoms with Crippen molar-refractivity contribution in [3.63, 3.8) is 0 Å². The van der Waals surface area contributed by atoms with E-state index in [1.807, 2.05) is 0 Å². The van der Waals surface area contributed by atoms with Gasteiger partial charge in [0, 0.05) is 32.2 Å². The van der Waals surface area contributed by atoms with Gasteiger partial charge in [-0.15, -0.1) is 0 Å². The monoisotopic (exact) mass is 201 g/mol. The Bertz CT molecular complexity index is 186. The number of rotatable bonds is 4. The molecule has 1 aliphatic carbocycles. The van der Waals surface area contributed by atoms with Gasteiger partial charge in [0.1, 0.15) is 6.17 Å². The molecule has 2 aliphatic rings. The van der Waals surface area contributed by atoms with E-state index in [4.69, 9.17) is 4.74 Å². The summed E-state index contributed by atoms with van der Waals surface area (Å²) < 4.78 is 18.1. The largest absolute Gasteiger partial charge is 0.384 e. The van der Waals surface area contributed by atoms with Crippen molar-refractivity contribution in [1.29, 1.82) is 0 Å². The van der Waals surface area contributed by atoms with Crippen LogP contribution in [0.25, 0.3) is 0 Å². The lowest BCUT2D eigenvalue weighted by Gasteiger charge is -2.31. The van der Waals surface area contributed by atoms with Gasteiger partial charge in [-0.1, -0.05) is 0 Å². The summed E-state index contributed by atoms with van der Waals surface area (Å²) in [4.78, 5) is 2.40. The summed E-state index contributed by atoms with van der Waals surface area (Å²) in [5, 5.41) is 0. The highest BCUT2D eigenvalue weighted by molar-refractivity contribution is 4.96. The van der Waals surface area contributed by atoms with Gasteiger partial charge >= 0.3 is 0 Å². The zero-order valence-electron chi connectivity index (χ0n) is 8.97. The molecule has 0 aromatic carbocycles. The van der Waals surface area contributed by atoms with Crippen LogP contribution in [0.15, 0.2) is 0 Å². The number of nitrogens with zero attached hydrogens (tertiary/aromatic N) is 1. The highest BCUT2D eigenvalue weighted by Crippen LogP contribution is 2.46. The maximum atomic E-state index is 12.9. The molecule has 0 aromatic rings. The van der Waals surface area contributed by atoms with Crippen LogP contribution in [0.1, 0.15) is 25.7 Å². The van der Waals surface area contributed by atoms with E-state index in [1.165, 1.54) is 12.8 Å². The Kier molecular flexibility index (Phi) is 3.07. The third kappa shape index (κ3) is 2.45. The van der Waals surface area contributed by atoms with Gasteiger partial charge in [0.05, 0.1) is 6.61 Å². The van der Waals surface area contributed by atoms with Gasteiger partial charge in [0.2, 0.25) is 0 Å². The first-order valence-corrected chi connectivity index (χ1v) is 5.59. The molecular weight excluding hydrogens is 181 g/mol. The average molecular weight is 201 g/mol. The van der Waals surface area contributed by atoms with Gasteiger partial charge in [0.25, 0.3) is 0 Å². The van der Waals surface area contributed by atoms with E-state index < -0.39 is 6.17 Å². The number of piperidine rings is 1. The van der Waals surface area contributed by atoms with Crippen molar-refractivity contribution in [3.05, 3.63) is 0 Å². The summed E-state index contributed by atoms with van der Waals surface area (Å²) in [5.41, 5.74) is 0.428. The third-order valence-corrected chi connectivity index (χ3v) is 3.48. The second kappa shape index (κ2) is 4.15. The smallest absolute Gasteiger partial charge is 0.103 e. The first kappa shape index (κ1) is 10.4. The van der Waals surface area contributed by atoms with Gasteiger partial charge in [-0.25, -0.2) is 4.39 Å². The van der Waals surface area contributed by atoms with Crippen LogP contribution in [-0.2, 0) is 4.74 Å². The number of ether oxygens (including phenoxy) is 1. The summed E-state index contributed by atoms with van der Waals surface area (Å²) in [6.45, 7) is 3.87. The minimum Gasteiger partial charge on any atom is -0.384 e. The molecule has 2 nitrogen and oxygen atoms in total. The molecule has 0 amide bonds. The lowest BCUT2D eigenvalue weighted by atomic mass is 10.0. The lowest BCUT2D eigenvalue weighted by molar-refractivity contribution is 0.0837. The van der Waals surface area contributed by atoms with Gasteiger partial charge in [0.15, 0.2) is 0 Å². The van der Waals surface area contributed by atoms with Crippen LogP contribution in [-0.4, -0.2) is 44.4 Å². The van der Waals surface area contributed by atoms with Gasteiger partial charge in [-0.05, 0) is 25.7 Å². The van der Waals surface area contributed by atoms with Crippen LogP contribution in [0.4, 0.5) is 4.39 Å². The second-order valence-corrected chi connectivity index (χ2v) is 4.88. The van der Waals surface area contributed by atoms with Crippen molar-refractivity contribution in [3.8, 4) is 0 Å². The molecule has 1 saturated carbocycles. The van der Waals surface area contributed by atoms with E-state index in [0.29, 0.717) is 5.41 Å². The zero-order valence-corrected chi connectivity index (χ0v) is 8.97. The molecule has 82 valence electrons. The first-order chi connectivity index (χ1) is 6.74. The van der Waals surface area contributed by atoms with Crippen molar-refractivity contribution in [2.75, 3.05) is 33.4 Å². The molecule has 1 aliphatic heterocycles. The number of methoxy groups -OCH3 is 1. The minimum atomic E-state index is -0.552. The maximum Gasteiger partial charge on any atom is 0.103 e. The third-order valence-electron chi connectivity index (χ3n) is 3.48. The Balaban J connectivity index is 1.75. The van der Waals surface area contributed by atoms with Crippen LogP contribution >= 0.6 is 0 Å². The molecule has 0 aromatic heterocycles. The normalized spacial score (nSPS) is 27.9. The van der Waals surface area contributed by atoms with Crippen molar-refractivity contribution >= 4 is 0 Å². The predicted octanol–water partition coefficient (Wildman–Crippen LogP) is 1.85. The van der Waals surface area contributed by atoms with E-state index in [-0.39, 0.29) is 0 Å². The molecule has 0 N–H and O–H groups in total. The van der Waals surface area contributed by atoms with Crippen LogP contribution in [0.2, 0.25) is 0 Å². The second-order valence-electron chi connectivity index (χ2n) is 4.88. The molecule has 0 spiro atoms. The van der Waals surface area contributed by atoms with E-state index in [0.717, 1.165) is 39.1 Å². The molecule has 0 unspecified atom stereocenters. The molecule has 1 saturated heterocycles. The average Bonchev–Trinajstić information content (AvgIpc) is 2.90. The van der Waals surface area contributed by atoms with E-state index >= 15 is 0 Å². The summed E-state index contributed by atoms with van der Waals surface area (Å²) in [7, 11) is 1.77. The van der Waals surface area contributed by atoms with E-state index in [1.54, 1.807) is 7.11 Å².